The molecule has 0 aliphatic rings. The number of aromatic nitrogens is 1. The van der Waals surface area contributed by atoms with E-state index in [2.05, 4.69) is 4.98 Å². The normalized spacial score (nSPS) is 11.2. The summed E-state index contributed by atoms with van der Waals surface area (Å²) in [5.41, 5.74) is 3.96. The molecule has 110 valence electrons. The van der Waals surface area contributed by atoms with Gasteiger partial charge in [0, 0.05) is 6.20 Å². The highest BCUT2D eigenvalue weighted by atomic mass is 19.4. The minimum absolute atomic E-state index is 0.0847. The lowest BCUT2D eigenvalue weighted by Gasteiger charge is -2.12. The Labute approximate surface area is 116 Å². The number of anilines is 1. The zero-order chi connectivity index (χ0) is 15.6. The van der Waals surface area contributed by atoms with Gasteiger partial charge in [-0.05, 0) is 30.3 Å². The first kappa shape index (κ1) is 14.6. The molecule has 0 saturated heterocycles. The first-order valence-electron chi connectivity index (χ1n) is 5.62. The smallest absolute Gasteiger partial charge is 0.416 e. The van der Waals surface area contributed by atoms with E-state index in [4.69, 9.17) is 15.6 Å². The van der Waals surface area contributed by atoms with E-state index in [-0.39, 0.29) is 22.9 Å². The number of halogens is 3. The van der Waals surface area contributed by atoms with E-state index in [1.54, 1.807) is 0 Å². The standard InChI is InChI=1S/C13H9F3N2O3/c14-13(15,16)7-3-4-9(8(17)6-7)21-10-2-1-5-18-11(10)12(19)20/h1-6H,17H2,(H,19,20). The molecule has 2 aromatic rings. The van der Waals surface area contributed by atoms with Gasteiger partial charge in [0.05, 0.1) is 11.3 Å². The molecule has 1 aromatic carbocycles. The van der Waals surface area contributed by atoms with E-state index < -0.39 is 17.7 Å². The lowest BCUT2D eigenvalue weighted by atomic mass is 10.2. The zero-order valence-electron chi connectivity index (χ0n) is 10.4. The quantitative estimate of drug-likeness (QED) is 0.850. The summed E-state index contributed by atoms with van der Waals surface area (Å²) in [6.45, 7) is 0. The van der Waals surface area contributed by atoms with Crippen LogP contribution in [-0.4, -0.2) is 16.1 Å². The molecule has 0 fully saturated rings. The summed E-state index contributed by atoms with van der Waals surface area (Å²) in [5.74, 6) is -1.52. The van der Waals surface area contributed by atoms with Crippen LogP contribution >= 0.6 is 0 Å². The molecule has 0 radical (unpaired) electrons. The summed E-state index contributed by atoms with van der Waals surface area (Å²) < 4.78 is 42.8. The Morgan fingerprint density at radius 3 is 2.52 bits per heavy atom. The van der Waals surface area contributed by atoms with Crippen molar-refractivity contribution in [3.05, 3.63) is 47.8 Å². The van der Waals surface area contributed by atoms with Gasteiger partial charge < -0.3 is 15.6 Å². The fourth-order valence-corrected chi connectivity index (χ4v) is 1.57. The first-order chi connectivity index (χ1) is 9.79. The van der Waals surface area contributed by atoms with Gasteiger partial charge in [-0.2, -0.15) is 13.2 Å². The molecule has 21 heavy (non-hydrogen) atoms. The summed E-state index contributed by atoms with van der Waals surface area (Å²) >= 11 is 0. The van der Waals surface area contributed by atoms with Crippen molar-refractivity contribution in [3.63, 3.8) is 0 Å². The molecule has 3 N–H and O–H groups in total. The molecule has 1 aromatic heterocycles. The molecular formula is C13H9F3N2O3. The second-order valence-corrected chi connectivity index (χ2v) is 4.01. The molecule has 0 aliphatic heterocycles. The van der Waals surface area contributed by atoms with Gasteiger partial charge in [0.15, 0.2) is 11.4 Å². The number of hydrogen-bond acceptors (Lipinski definition) is 4. The summed E-state index contributed by atoms with van der Waals surface area (Å²) in [6.07, 6.45) is -3.26. The van der Waals surface area contributed by atoms with Crippen molar-refractivity contribution in [2.24, 2.45) is 0 Å². The summed E-state index contributed by atoms with van der Waals surface area (Å²) in [4.78, 5) is 14.6. The number of ether oxygens (including phenoxy) is 1. The Bertz CT molecular complexity index is 687. The van der Waals surface area contributed by atoms with Gasteiger partial charge in [0.1, 0.15) is 5.75 Å². The highest BCUT2D eigenvalue weighted by Gasteiger charge is 2.31. The van der Waals surface area contributed by atoms with E-state index in [0.29, 0.717) is 6.07 Å². The van der Waals surface area contributed by atoms with Gasteiger partial charge in [-0.3, -0.25) is 0 Å². The van der Waals surface area contributed by atoms with E-state index in [0.717, 1.165) is 12.1 Å². The van der Waals surface area contributed by atoms with Gasteiger partial charge in [-0.25, -0.2) is 9.78 Å². The molecular weight excluding hydrogens is 289 g/mol. The first-order valence-corrected chi connectivity index (χ1v) is 5.62. The van der Waals surface area contributed by atoms with Crippen LogP contribution in [0, 0.1) is 0 Å². The number of carboxylic acids is 1. The van der Waals surface area contributed by atoms with Crippen molar-refractivity contribution in [1.29, 1.82) is 0 Å². The summed E-state index contributed by atoms with van der Waals surface area (Å²) in [6, 6.07) is 5.29. The monoisotopic (exact) mass is 298 g/mol. The van der Waals surface area contributed by atoms with Crippen molar-refractivity contribution in [3.8, 4) is 11.5 Å². The van der Waals surface area contributed by atoms with Crippen LogP contribution in [0.3, 0.4) is 0 Å². The number of nitrogens with two attached hydrogens (primary N) is 1. The molecule has 5 nitrogen and oxygen atoms in total. The van der Waals surface area contributed by atoms with E-state index in [1.807, 2.05) is 0 Å². The van der Waals surface area contributed by atoms with Crippen molar-refractivity contribution < 1.29 is 27.8 Å². The average molecular weight is 298 g/mol. The van der Waals surface area contributed by atoms with Crippen molar-refractivity contribution in [2.45, 2.75) is 6.18 Å². The van der Waals surface area contributed by atoms with Crippen LogP contribution in [0.4, 0.5) is 18.9 Å². The third kappa shape index (κ3) is 3.22. The summed E-state index contributed by atoms with van der Waals surface area (Å²) in [5, 5.41) is 8.94. The van der Waals surface area contributed by atoms with E-state index in [1.165, 1.54) is 18.3 Å². The van der Waals surface area contributed by atoms with Crippen LogP contribution in [-0.2, 0) is 6.18 Å². The molecule has 1 heterocycles. The summed E-state index contributed by atoms with van der Waals surface area (Å²) in [7, 11) is 0. The number of carbonyl (C=O) groups is 1. The SMILES string of the molecule is Nc1cc(C(F)(F)F)ccc1Oc1cccnc1C(=O)O. The second-order valence-electron chi connectivity index (χ2n) is 4.01. The van der Waals surface area contributed by atoms with Crippen LogP contribution in [0.1, 0.15) is 16.1 Å². The van der Waals surface area contributed by atoms with Crippen molar-refractivity contribution >= 4 is 11.7 Å². The molecule has 0 atom stereocenters. The van der Waals surface area contributed by atoms with Crippen molar-refractivity contribution in [2.75, 3.05) is 5.73 Å². The Morgan fingerprint density at radius 1 is 1.24 bits per heavy atom. The van der Waals surface area contributed by atoms with E-state index in [9.17, 15) is 18.0 Å². The Balaban J connectivity index is 2.35. The van der Waals surface area contributed by atoms with Gasteiger partial charge in [0.2, 0.25) is 0 Å². The Hall–Kier alpha value is -2.77. The molecule has 0 unspecified atom stereocenters. The molecule has 0 bridgehead atoms. The fraction of sp³-hybridized carbons (Fsp3) is 0.0769. The number of hydrogen-bond donors (Lipinski definition) is 2. The van der Waals surface area contributed by atoms with Crippen LogP contribution in [0.2, 0.25) is 0 Å². The Morgan fingerprint density at radius 2 is 1.95 bits per heavy atom. The molecule has 8 heteroatoms. The van der Waals surface area contributed by atoms with Crippen LogP contribution in [0.25, 0.3) is 0 Å². The van der Waals surface area contributed by atoms with Crippen molar-refractivity contribution in [1.82, 2.24) is 4.98 Å². The second kappa shape index (κ2) is 5.31. The van der Waals surface area contributed by atoms with Crippen LogP contribution in [0.5, 0.6) is 11.5 Å². The lowest BCUT2D eigenvalue weighted by Crippen LogP contribution is -2.07. The number of alkyl halides is 3. The van der Waals surface area contributed by atoms with Crippen LogP contribution in [0.15, 0.2) is 36.5 Å². The Kier molecular flexibility index (Phi) is 3.70. The highest BCUT2D eigenvalue weighted by molar-refractivity contribution is 5.88. The number of pyridine rings is 1. The van der Waals surface area contributed by atoms with Crippen LogP contribution < -0.4 is 10.5 Å². The number of rotatable bonds is 3. The molecule has 0 amide bonds. The fourth-order valence-electron chi connectivity index (χ4n) is 1.57. The third-order valence-corrected chi connectivity index (χ3v) is 2.53. The number of nitrogen functional groups attached to an aromatic ring is 1. The molecule has 2 rings (SSSR count). The number of aromatic carboxylic acids is 1. The number of carboxylic acid groups (broad SMARTS) is 1. The van der Waals surface area contributed by atoms with Gasteiger partial charge >= 0.3 is 12.1 Å². The topological polar surface area (TPSA) is 85.4 Å². The molecule has 0 aliphatic carbocycles. The minimum atomic E-state index is -4.52. The predicted molar refractivity (Wildman–Crippen MR) is 67.1 cm³/mol. The lowest BCUT2D eigenvalue weighted by molar-refractivity contribution is -0.137. The molecule has 0 spiro atoms. The van der Waals surface area contributed by atoms with Gasteiger partial charge in [-0.1, -0.05) is 0 Å². The zero-order valence-corrected chi connectivity index (χ0v) is 10.4. The minimum Gasteiger partial charge on any atom is -0.476 e. The number of benzene rings is 1. The molecule has 0 saturated carbocycles. The predicted octanol–water partition coefficient (Wildman–Crippen LogP) is 3.17. The number of nitrogens with zero attached hydrogens (tertiary/aromatic N) is 1. The third-order valence-electron chi connectivity index (χ3n) is 2.53. The van der Waals surface area contributed by atoms with Gasteiger partial charge in [-0.15, -0.1) is 0 Å². The largest absolute Gasteiger partial charge is 0.476 e. The van der Waals surface area contributed by atoms with E-state index >= 15 is 0 Å². The maximum atomic E-state index is 12.5. The highest BCUT2D eigenvalue weighted by Crippen LogP contribution is 2.35. The van der Waals surface area contributed by atoms with Gasteiger partial charge in [0.25, 0.3) is 0 Å². The maximum absolute atomic E-state index is 12.5. The maximum Gasteiger partial charge on any atom is 0.416 e. The average Bonchev–Trinajstić information content (AvgIpc) is 2.40.